The fourth-order valence-corrected chi connectivity index (χ4v) is 3.42. The molecule has 1 amide bonds. The molecule has 3 aromatic rings. The van der Waals surface area contributed by atoms with E-state index in [1.54, 1.807) is 17.6 Å². The van der Waals surface area contributed by atoms with Crippen molar-refractivity contribution in [1.29, 1.82) is 0 Å². The zero-order valence-corrected chi connectivity index (χ0v) is 16.9. The molecular formula is C18H15ClFN5O3S. The molecule has 0 aliphatic rings. The highest BCUT2D eigenvalue weighted by atomic mass is 35.5. The van der Waals surface area contributed by atoms with E-state index < -0.39 is 27.6 Å². The van der Waals surface area contributed by atoms with Gasteiger partial charge in [0, 0.05) is 16.8 Å². The number of carbonyl (C=O) groups excluding carboxylic acids is 1. The minimum atomic E-state index is -0.972. The van der Waals surface area contributed by atoms with Crippen LogP contribution in [0.15, 0.2) is 47.9 Å². The zero-order chi connectivity index (χ0) is 21.1. The van der Waals surface area contributed by atoms with Crippen molar-refractivity contribution in [3.05, 3.63) is 69.2 Å². The summed E-state index contributed by atoms with van der Waals surface area (Å²) < 4.78 is 15.1. The molecule has 0 fully saturated rings. The number of aryl methyl sites for hydroxylation is 1. The monoisotopic (exact) mass is 435 g/mol. The van der Waals surface area contributed by atoms with Gasteiger partial charge in [-0.1, -0.05) is 29.4 Å². The summed E-state index contributed by atoms with van der Waals surface area (Å²) in [6.07, 6.45) is 1.51. The summed E-state index contributed by atoms with van der Waals surface area (Å²) in [5.74, 6) is -1.40. The fourth-order valence-electron chi connectivity index (χ4n) is 2.40. The van der Waals surface area contributed by atoms with Gasteiger partial charge in [-0.15, -0.1) is 10.2 Å². The van der Waals surface area contributed by atoms with Gasteiger partial charge in [-0.2, -0.15) is 4.39 Å². The second-order valence-electron chi connectivity index (χ2n) is 6.09. The van der Waals surface area contributed by atoms with Crippen LogP contribution >= 0.6 is 23.4 Å². The second kappa shape index (κ2) is 8.58. The normalized spacial score (nSPS) is 11.9. The molecule has 1 heterocycles. The lowest BCUT2D eigenvalue weighted by atomic mass is 10.2. The smallest absolute Gasteiger partial charge is 0.306 e. The number of nitrogens with one attached hydrogen (secondary N) is 1. The van der Waals surface area contributed by atoms with Gasteiger partial charge in [0.15, 0.2) is 5.16 Å². The topological polar surface area (TPSA) is 103 Å². The molecule has 3 rings (SSSR count). The lowest BCUT2D eigenvalue weighted by molar-refractivity contribution is -0.387. The number of nitrogens with zero attached hydrogens (tertiary/aromatic N) is 4. The molecule has 11 heteroatoms. The number of thioether (sulfide) groups is 1. The van der Waals surface area contributed by atoms with Crippen molar-refractivity contribution in [2.24, 2.45) is 0 Å². The number of hydrogen-bond donors (Lipinski definition) is 1. The van der Waals surface area contributed by atoms with Crippen molar-refractivity contribution in [3.8, 4) is 5.69 Å². The Labute approximate surface area is 174 Å². The van der Waals surface area contributed by atoms with Crippen LogP contribution in [0.3, 0.4) is 0 Å². The average molecular weight is 436 g/mol. The maximum absolute atomic E-state index is 13.4. The summed E-state index contributed by atoms with van der Waals surface area (Å²) in [6.45, 7) is 3.54. The van der Waals surface area contributed by atoms with Crippen LogP contribution in [0, 0.1) is 22.9 Å². The Balaban J connectivity index is 1.74. The summed E-state index contributed by atoms with van der Waals surface area (Å²) in [4.78, 5) is 22.5. The van der Waals surface area contributed by atoms with E-state index in [0.29, 0.717) is 10.2 Å². The van der Waals surface area contributed by atoms with Crippen LogP contribution < -0.4 is 5.32 Å². The van der Waals surface area contributed by atoms with Crippen molar-refractivity contribution in [3.63, 3.8) is 0 Å². The van der Waals surface area contributed by atoms with Gasteiger partial charge in [0.05, 0.1) is 15.9 Å². The number of carbonyl (C=O) groups is 1. The number of hydrogen-bond acceptors (Lipinski definition) is 6. The molecular weight excluding hydrogens is 421 g/mol. The van der Waals surface area contributed by atoms with E-state index in [9.17, 15) is 19.3 Å². The van der Waals surface area contributed by atoms with Gasteiger partial charge in [0.25, 0.3) is 0 Å². The SMILES string of the molecule is Cc1ccc(-n2cnnc2SC(C)C(=O)Nc2ccc(F)c([N+](=O)[O-])c2)cc1Cl. The highest BCUT2D eigenvalue weighted by Gasteiger charge is 2.21. The van der Waals surface area contributed by atoms with E-state index in [4.69, 9.17) is 11.6 Å². The Morgan fingerprint density at radius 3 is 2.79 bits per heavy atom. The molecule has 1 atom stereocenters. The molecule has 1 unspecified atom stereocenters. The quantitative estimate of drug-likeness (QED) is 0.350. The van der Waals surface area contributed by atoms with E-state index in [1.165, 1.54) is 12.4 Å². The standard InChI is InChI=1S/C18H15ClFN5O3S/c1-10-3-5-13(8-14(10)19)24-9-21-23-18(24)29-11(2)17(26)22-12-4-6-15(20)16(7-12)25(27)28/h3-9,11H,1-2H3,(H,22,26). The molecule has 0 aliphatic heterocycles. The molecule has 0 radical (unpaired) electrons. The Morgan fingerprint density at radius 2 is 2.10 bits per heavy atom. The van der Waals surface area contributed by atoms with Gasteiger partial charge in [0.1, 0.15) is 6.33 Å². The highest BCUT2D eigenvalue weighted by Crippen LogP contribution is 2.27. The lowest BCUT2D eigenvalue weighted by Gasteiger charge is -2.13. The zero-order valence-electron chi connectivity index (χ0n) is 15.3. The Bertz CT molecular complexity index is 1090. The maximum atomic E-state index is 13.4. The van der Waals surface area contributed by atoms with Gasteiger partial charge >= 0.3 is 5.69 Å². The number of nitro groups is 1. The number of halogens is 2. The predicted molar refractivity (Wildman–Crippen MR) is 108 cm³/mol. The molecule has 1 aromatic heterocycles. The van der Waals surface area contributed by atoms with E-state index >= 15 is 0 Å². The van der Waals surface area contributed by atoms with Crippen LogP contribution in [0.1, 0.15) is 12.5 Å². The number of benzene rings is 2. The summed E-state index contributed by atoms with van der Waals surface area (Å²) in [7, 11) is 0. The third-order valence-electron chi connectivity index (χ3n) is 4.01. The number of amides is 1. The van der Waals surface area contributed by atoms with Crippen molar-refractivity contribution < 1.29 is 14.1 Å². The first kappa shape index (κ1) is 20.7. The second-order valence-corrected chi connectivity index (χ2v) is 7.80. The molecule has 2 aromatic carbocycles. The van der Waals surface area contributed by atoms with Crippen LogP contribution in [0.2, 0.25) is 5.02 Å². The van der Waals surface area contributed by atoms with Gasteiger partial charge in [-0.25, -0.2) is 0 Å². The van der Waals surface area contributed by atoms with Crippen LogP contribution in [0.25, 0.3) is 5.69 Å². The third-order valence-corrected chi connectivity index (χ3v) is 5.48. The van der Waals surface area contributed by atoms with Gasteiger partial charge in [-0.3, -0.25) is 19.5 Å². The van der Waals surface area contributed by atoms with Crippen LogP contribution in [-0.2, 0) is 4.79 Å². The minimum Gasteiger partial charge on any atom is -0.325 e. The first-order valence-electron chi connectivity index (χ1n) is 8.34. The maximum Gasteiger partial charge on any atom is 0.306 e. The summed E-state index contributed by atoms with van der Waals surface area (Å²) in [6, 6.07) is 8.66. The van der Waals surface area contributed by atoms with Gasteiger partial charge in [0.2, 0.25) is 11.7 Å². The number of anilines is 1. The van der Waals surface area contributed by atoms with Crippen molar-refractivity contribution in [2.75, 3.05) is 5.32 Å². The average Bonchev–Trinajstić information content (AvgIpc) is 3.13. The van der Waals surface area contributed by atoms with E-state index in [0.717, 1.165) is 35.1 Å². The summed E-state index contributed by atoms with van der Waals surface area (Å²) in [5, 5.41) is 21.8. The molecule has 0 spiro atoms. The fraction of sp³-hybridized carbons (Fsp3) is 0.167. The van der Waals surface area contributed by atoms with Crippen molar-refractivity contribution in [2.45, 2.75) is 24.3 Å². The first-order valence-corrected chi connectivity index (χ1v) is 9.60. The minimum absolute atomic E-state index is 0.127. The largest absolute Gasteiger partial charge is 0.325 e. The lowest BCUT2D eigenvalue weighted by Crippen LogP contribution is -2.23. The molecule has 0 saturated heterocycles. The molecule has 29 heavy (non-hydrogen) atoms. The Morgan fingerprint density at radius 1 is 1.34 bits per heavy atom. The highest BCUT2D eigenvalue weighted by molar-refractivity contribution is 8.00. The van der Waals surface area contributed by atoms with E-state index in [2.05, 4.69) is 15.5 Å². The third kappa shape index (κ3) is 4.72. The Kier molecular flexibility index (Phi) is 6.14. The number of aromatic nitrogens is 3. The van der Waals surface area contributed by atoms with Crippen LogP contribution in [-0.4, -0.2) is 30.8 Å². The molecule has 0 saturated carbocycles. The summed E-state index contributed by atoms with van der Waals surface area (Å²) in [5.41, 5.74) is 1.09. The van der Waals surface area contributed by atoms with Crippen LogP contribution in [0.4, 0.5) is 15.8 Å². The predicted octanol–water partition coefficient (Wildman–Crippen LogP) is 4.40. The summed E-state index contributed by atoms with van der Waals surface area (Å²) >= 11 is 7.32. The van der Waals surface area contributed by atoms with Gasteiger partial charge < -0.3 is 5.32 Å². The van der Waals surface area contributed by atoms with Gasteiger partial charge in [-0.05, 0) is 43.7 Å². The molecule has 8 nitrogen and oxygen atoms in total. The van der Waals surface area contributed by atoms with Crippen LogP contribution in [0.5, 0.6) is 0 Å². The number of nitro benzene ring substituents is 1. The number of rotatable bonds is 6. The van der Waals surface area contributed by atoms with Crippen molar-refractivity contribution >= 4 is 40.6 Å². The first-order chi connectivity index (χ1) is 13.8. The van der Waals surface area contributed by atoms with E-state index in [1.807, 2.05) is 19.1 Å². The molecule has 0 aliphatic carbocycles. The molecule has 1 N–H and O–H groups in total. The Hall–Kier alpha value is -2.98. The van der Waals surface area contributed by atoms with Crippen molar-refractivity contribution in [1.82, 2.24) is 14.8 Å². The van der Waals surface area contributed by atoms with E-state index in [-0.39, 0.29) is 5.69 Å². The molecule has 150 valence electrons. The molecule has 0 bridgehead atoms.